The molecule has 0 fully saturated rings. The summed E-state index contributed by atoms with van der Waals surface area (Å²) in [7, 11) is 0. The summed E-state index contributed by atoms with van der Waals surface area (Å²) in [5.74, 6) is 0. The number of aryl methyl sites for hydroxylation is 1. The van der Waals surface area contributed by atoms with Crippen LogP contribution in [0.1, 0.15) is 96.0 Å². The van der Waals surface area contributed by atoms with Crippen LogP contribution in [0.4, 0.5) is 0 Å². The van der Waals surface area contributed by atoms with Gasteiger partial charge in [-0.1, -0.05) is 0 Å². The zero-order valence-corrected chi connectivity index (χ0v) is 18.7. The van der Waals surface area contributed by atoms with Crippen molar-refractivity contribution in [2.45, 2.75) is 106 Å². The first-order chi connectivity index (χ1) is 11.9. The molecule has 0 amide bonds. The van der Waals surface area contributed by atoms with Crippen molar-refractivity contribution in [1.82, 2.24) is 0 Å². The zero-order chi connectivity index (χ0) is 17.1. The average molecular weight is 438 g/mol. The van der Waals surface area contributed by atoms with Crippen LogP contribution in [0.2, 0.25) is 8.73 Å². The maximum atomic E-state index is 2.30. The molecule has 1 radical (unpaired) electrons. The van der Waals surface area contributed by atoms with E-state index in [1.54, 1.807) is 8.73 Å². The van der Waals surface area contributed by atoms with E-state index in [9.17, 15) is 0 Å². The van der Waals surface area contributed by atoms with Gasteiger partial charge in [-0.25, -0.2) is 0 Å². The monoisotopic (exact) mass is 437 g/mol. The van der Waals surface area contributed by atoms with Crippen molar-refractivity contribution in [3.8, 4) is 0 Å². The summed E-state index contributed by atoms with van der Waals surface area (Å²) in [6.07, 6.45) is 20.4. The first kappa shape index (κ1) is 22.1. The van der Waals surface area contributed by atoms with Crippen LogP contribution in [0.3, 0.4) is 0 Å². The molecule has 0 atom stereocenters. The Morgan fingerprint density at radius 1 is 0.583 bits per heavy atom. The first-order valence-corrected chi connectivity index (χ1v) is 14.2. The number of rotatable bonds is 17. The molecule has 0 spiro atoms. The molecule has 0 saturated carbocycles. The summed E-state index contributed by atoms with van der Waals surface area (Å²) in [5, 5.41) is 0. The third-order valence-electron chi connectivity index (χ3n) is 4.79. The van der Waals surface area contributed by atoms with Crippen LogP contribution >= 0.6 is 0 Å². The molecule has 1 aromatic carbocycles. The van der Waals surface area contributed by atoms with E-state index < -0.39 is 0 Å². The Balaban J connectivity index is 1.70. The quantitative estimate of drug-likeness (QED) is 0.172. The summed E-state index contributed by atoms with van der Waals surface area (Å²) in [6, 6.07) is 11.0. The summed E-state index contributed by atoms with van der Waals surface area (Å²) < 4.78 is 3.22. The van der Waals surface area contributed by atoms with Crippen molar-refractivity contribution in [3.63, 3.8) is 0 Å². The Kier molecular flexibility index (Phi) is 16.4. The second-order valence-corrected chi connectivity index (χ2v) is 11.0. The Morgan fingerprint density at radius 3 is 1.67 bits per heavy atom. The minimum absolute atomic E-state index is 0.171. The third kappa shape index (κ3) is 14.4. The van der Waals surface area contributed by atoms with Crippen LogP contribution in [0.5, 0.6) is 0 Å². The predicted octanol–water partition coefficient (Wildman–Crippen LogP) is 7.86. The topological polar surface area (TPSA) is 0 Å². The van der Waals surface area contributed by atoms with Crippen molar-refractivity contribution >= 4 is 21.6 Å². The van der Waals surface area contributed by atoms with E-state index in [2.05, 4.69) is 37.3 Å². The number of hydrogen-bond donors (Lipinski definition) is 0. The molecule has 1 heteroatoms. The Bertz CT molecular complexity index is 346. The Hall–Kier alpha value is 0.0382. The van der Waals surface area contributed by atoms with Gasteiger partial charge in [0.05, 0.1) is 0 Å². The fraction of sp³-hybridized carbons (Fsp3) is 0.739. The SMILES string of the molecule is CCCCCCCCCCC[CH2][Sb][CH2]CCCCc1ccccc1. The molecule has 0 heterocycles. The number of unbranched alkanes of at least 4 members (excludes halogenated alkanes) is 11. The van der Waals surface area contributed by atoms with Gasteiger partial charge in [-0.05, 0) is 0 Å². The molecule has 0 bridgehead atoms. The normalized spacial score (nSPS) is 11.0. The van der Waals surface area contributed by atoms with Crippen molar-refractivity contribution in [2.75, 3.05) is 0 Å². The van der Waals surface area contributed by atoms with Gasteiger partial charge in [-0.3, -0.25) is 0 Å². The molecular weight excluding hydrogens is 398 g/mol. The Labute approximate surface area is 162 Å². The third-order valence-corrected chi connectivity index (χ3v) is 8.40. The van der Waals surface area contributed by atoms with Crippen LogP contribution < -0.4 is 0 Å². The first-order valence-electron chi connectivity index (χ1n) is 10.6. The van der Waals surface area contributed by atoms with Gasteiger partial charge in [0.1, 0.15) is 0 Å². The van der Waals surface area contributed by atoms with Gasteiger partial charge in [0.15, 0.2) is 0 Å². The predicted molar refractivity (Wildman–Crippen MR) is 111 cm³/mol. The van der Waals surface area contributed by atoms with Gasteiger partial charge < -0.3 is 0 Å². The average Bonchev–Trinajstić information content (AvgIpc) is 2.62. The minimum atomic E-state index is 0.171. The molecule has 1 aromatic rings. The molecule has 24 heavy (non-hydrogen) atoms. The summed E-state index contributed by atoms with van der Waals surface area (Å²) in [5.41, 5.74) is 1.51. The summed E-state index contributed by atoms with van der Waals surface area (Å²) in [6.45, 7) is 2.30. The fourth-order valence-corrected chi connectivity index (χ4v) is 6.39. The van der Waals surface area contributed by atoms with E-state index >= 15 is 0 Å². The molecule has 0 aliphatic heterocycles. The van der Waals surface area contributed by atoms with Crippen molar-refractivity contribution < 1.29 is 0 Å². The second kappa shape index (κ2) is 17.8. The molecule has 0 unspecified atom stereocenters. The van der Waals surface area contributed by atoms with Crippen LogP contribution in [0, 0.1) is 0 Å². The van der Waals surface area contributed by atoms with E-state index in [4.69, 9.17) is 0 Å². The molecule has 0 nitrogen and oxygen atoms in total. The van der Waals surface area contributed by atoms with Crippen molar-refractivity contribution in [1.29, 1.82) is 0 Å². The van der Waals surface area contributed by atoms with E-state index in [1.807, 2.05) is 0 Å². The van der Waals surface area contributed by atoms with Gasteiger partial charge >= 0.3 is 163 Å². The molecule has 0 saturated heterocycles. The van der Waals surface area contributed by atoms with Gasteiger partial charge in [0.2, 0.25) is 0 Å². The van der Waals surface area contributed by atoms with Crippen LogP contribution in [0.15, 0.2) is 30.3 Å². The van der Waals surface area contributed by atoms with Crippen molar-refractivity contribution in [3.05, 3.63) is 35.9 Å². The van der Waals surface area contributed by atoms with Gasteiger partial charge in [0.25, 0.3) is 0 Å². The standard InChI is InChI=1S/C12H25.C11H15.Sb/c1-3-5-7-9-11-12-10-8-6-4-2;1-2-3-5-8-11-9-6-4-7-10-11;/h1,3-12H2,2H3;4,6-7,9-10H,1-3,5,8H2;. The molecule has 0 aliphatic rings. The van der Waals surface area contributed by atoms with Gasteiger partial charge in [-0.2, -0.15) is 0 Å². The van der Waals surface area contributed by atoms with E-state index in [-0.39, 0.29) is 21.6 Å². The number of benzene rings is 1. The molecule has 0 aliphatic carbocycles. The van der Waals surface area contributed by atoms with Gasteiger partial charge in [-0.15, -0.1) is 0 Å². The molecule has 0 aromatic heterocycles. The molecule has 1 rings (SSSR count). The molecule has 0 N–H and O–H groups in total. The zero-order valence-electron chi connectivity index (χ0n) is 16.1. The fourth-order valence-electron chi connectivity index (χ4n) is 3.20. The van der Waals surface area contributed by atoms with E-state index in [0.29, 0.717) is 0 Å². The van der Waals surface area contributed by atoms with Crippen LogP contribution in [-0.2, 0) is 6.42 Å². The van der Waals surface area contributed by atoms with Crippen LogP contribution in [0.25, 0.3) is 0 Å². The van der Waals surface area contributed by atoms with Gasteiger partial charge in [0, 0.05) is 0 Å². The Morgan fingerprint density at radius 2 is 1.08 bits per heavy atom. The maximum absolute atomic E-state index is 2.30. The summed E-state index contributed by atoms with van der Waals surface area (Å²) >= 11 is 0.171. The molecule has 137 valence electrons. The second-order valence-electron chi connectivity index (χ2n) is 7.15. The van der Waals surface area contributed by atoms with E-state index in [0.717, 1.165) is 0 Å². The summed E-state index contributed by atoms with van der Waals surface area (Å²) in [4.78, 5) is 0. The molecular formula is C23H40Sb. The van der Waals surface area contributed by atoms with Crippen LogP contribution in [-0.4, -0.2) is 21.6 Å². The number of hydrogen-bond acceptors (Lipinski definition) is 0. The van der Waals surface area contributed by atoms with E-state index in [1.165, 1.54) is 95.5 Å². The van der Waals surface area contributed by atoms with Crippen molar-refractivity contribution in [2.24, 2.45) is 0 Å².